The Morgan fingerprint density at radius 3 is 2.88 bits per heavy atom. The number of nitrogens with zero attached hydrogens (tertiary/aromatic N) is 3. The predicted octanol–water partition coefficient (Wildman–Crippen LogP) is 3.50. The van der Waals surface area contributed by atoms with E-state index >= 15 is 0 Å². The van der Waals surface area contributed by atoms with Gasteiger partial charge in [0.15, 0.2) is 5.13 Å². The van der Waals surface area contributed by atoms with E-state index in [-0.39, 0.29) is 5.91 Å². The second-order valence-electron chi connectivity index (χ2n) is 6.71. The number of carbonyl (C=O) groups is 1. The number of aromatic nitrogens is 1. The molecule has 0 aliphatic carbocycles. The summed E-state index contributed by atoms with van der Waals surface area (Å²) in [5, 5.41) is 3.89. The van der Waals surface area contributed by atoms with E-state index in [0.717, 1.165) is 31.1 Å². The van der Waals surface area contributed by atoms with Crippen LogP contribution in [0.1, 0.15) is 51.2 Å². The molecule has 25 heavy (non-hydrogen) atoms. The highest BCUT2D eigenvalue weighted by Crippen LogP contribution is 2.38. The van der Waals surface area contributed by atoms with Crippen LogP contribution in [-0.2, 0) is 6.54 Å². The van der Waals surface area contributed by atoms with Crippen molar-refractivity contribution in [2.45, 2.75) is 38.3 Å². The molecule has 7 heteroatoms. The maximum absolute atomic E-state index is 11.8. The van der Waals surface area contributed by atoms with Gasteiger partial charge in [0.2, 0.25) is 0 Å². The third kappa shape index (κ3) is 3.59. The minimum atomic E-state index is 0.0125. The summed E-state index contributed by atoms with van der Waals surface area (Å²) in [4.78, 5) is 24.9. The number of thiophene rings is 1. The van der Waals surface area contributed by atoms with E-state index in [1.165, 1.54) is 40.6 Å². The second kappa shape index (κ2) is 7.43. The summed E-state index contributed by atoms with van der Waals surface area (Å²) < 4.78 is 0. The second-order valence-corrected chi connectivity index (χ2v) is 8.92. The van der Waals surface area contributed by atoms with Crippen LogP contribution in [0.3, 0.4) is 0 Å². The first-order chi connectivity index (χ1) is 12.2. The van der Waals surface area contributed by atoms with Gasteiger partial charge in [-0.05, 0) is 44.4 Å². The van der Waals surface area contributed by atoms with Gasteiger partial charge in [0.05, 0.1) is 4.88 Å². The molecular formula is C18H24N4OS2. The summed E-state index contributed by atoms with van der Waals surface area (Å²) in [6.07, 6.45) is 7.02. The molecule has 0 saturated carbocycles. The van der Waals surface area contributed by atoms with Crippen molar-refractivity contribution in [3.8, 4) is 0 Å². The van der Waals surface area contributed by atoms with Gasteiger partial charge in [0, 0.05) is 48.7 Å². The van der Waals surface area contributed by atoms with Crippen LogP contribution in [0.2, 0.25) is 0 Å². The molecule has 4 heterocycles. The van der Waals surface area contributed by atoms with Crippen molar-refractivity contribution in [3.63, 3.8) is 0 Å². The number of hydrogen-bond acceptors (Lipinski definition) is 6. The van der Waals surface area contributed by atoms with Gasteiger partial charge >= 0.3 is 0 Å². The van der Waals surface area contributed by atoms with Gasteiger partial charge in [-0.3, -0.25) is 9.69 Å². The molecule has 0 spiro atoms. The van der Waals surface area contributed by atoms with Gasteiger partial charge in [-0.2, -0.15) is 0 Å². The Morgan fingerprint density at radius 2 is 2.08 bits per heavy atom. The maximum Gasteiger partial charge on any atom is 0.261 e. The molecule has 1 amide bonds. The van der Waals surface area contributed by atoms with Crippen LogP contribution in [0.15, 0.2) is 18.3 Å². The van der Waals surface area contributed by atoms with Gasteiger partial charge < -0.3 is 10.2 Å². The fourth-order valence-corrected chi connectivity index (χ4v) is 5.85. The molecule has 0 radical (unpaired) electrons. The predicted molar refractivity (Wildman–Crippen MR) is 104 cm³/mol. The number of carbonyl (C=O) groups excluding carboxylic acids is 1. The summed E-state index contributed by atoms with van der Waals surface area (Å²) in [6.45, 7) is 4.38. The van der Waals surface area contributed by atoms with Crippen molar-refractivity contribution in [1.29, 1.82) is 0 Å². The van der Waals surface area contributed by atoms with E-state index in [2.05, 4.69) is 32.4 Å². The summed E-state index contributed by atoms with van der Waals surface area (Å²) in [6, 6.07) is 4.51. The molecule has 2 aromatic heterocycles. The topological polar surface area (TPSA) is 48.5 Å². The molecule has 1 unspecified atom stereocenters. The molecule has 0 aromatic carbocycles. The van der Waals surface area contributed by atoms with Gasteiger partial charge in [-0.1, -0.05) is 0 Å². The highest BCUT2D eigenvalue weighted by Gasteiger charge is 2.28. The number of rotatable bonds is 5. The lowest BCUT2D eigenvalue weighted by atomic mass is 10.2. The van der Waals surface area contributed by atoms with Crippen molar-refractivity contribution >= 4 is 33.7 Å². The SMILES string of the molecule is CNC(=O)c1ccc(C2CCCN2Cc2cnc(N3CCCC3)s2)s1. The fraction of sp³-hybridized carbons (Fsp3) is 0.556. The third-order valence-corrected chi connectivity index (χ3v) is 7.27. The molecule has 5 nitrogen and oxygen atoms in total. The molecule has 2 saturated heterocycles. The third-order valence-electron chi connectivity index (χ3n) is 5.05. The number of amides is 1. The van der Waals surface area contributed by atoms with E-state index in [0.29, 0.717) is 6.04 Å². The van der Waals surface area contributed by atoms with Gasteiger partial charge in [0.1, 0.15) is 0 Å². The first-order valence-electron chi connectivity index (χ1n) is 9.00. The van der Waals surface area contributed by atoms with Gasteiger partial charge in [-0.15, -0.1) is 22.7 Å². The molecule has 2 fully saturated rings. The van der Waals surface area contributed by atoms with Gasteiger partial charge in [-0.25, -0.2) is 4.98 Å². The quantitative estimate of drug-likeness (QED) is 0.868. The molecule has 2 aliphatic rings. The molecule has 134 valence electrons. The average Bonchev–Trinajstić information content (AvgIpc) is 3.38. The van der Waals surface area contributed by atoms with Crippen molar-refractivity contribution < 1.29 is 4.79 Å². The largest absolute Gasteiger partial charge is 0.354 e. The Labute approximate surface area is 156 Å². The molecule has 4 rings (SSSR count). The number of thiazole rings is 1. The van der Waals surface area contributed by atoms with E-state index in [9.17, 15) is 4.79 Å². The van der Waals surface area contributed by atoms with Crippen LogP contribution in [0.5, 0.6) is 0 Å². The maximum atomic E-state index is 11.8. The monoisotopic (exact) mass is 376 g/mol. The lowest BCUT2D eigenvalue weighted by molar-refractivity contribution is 0.0967. The van der Waals surface area contributed by atoms with Crippen LogP contribution < -0.4 is 10.2 Å². The summed E-state index contributed by atoms with van der Waals surface area (Å²) in [5.41, 5.74) is 0. The van der Waals surface area contributed by atoms with Crippen molar-refractivity contribution in [2.75, 3.05) is 31.6 Å². The van der Waals surface area contributed by atoms with Crippen LogP contribution in [0.25, 0.3) is 0 Å². The van der Waals surface area contributed by atoms with Crippen molar-refractivity contribution in [3.05, 3.63) is 33.0 Å². The Kier molecular flexibility index (Phi) is 5.05. The van der Waals surface area contributed by atoms with Crippen LogP contribution in [0, 0.1) is 0 Å². The summed E-state index contributed by atoms with van der Waals surface area (Å²) in [7, 11) is 1.69. The zero-order chi connectivity index (χ0) is 17.2. The molecule has 2 aromatic rings. The molecule has 0 bridgehead atoms. The van der Waals surface area contributed by atoms with Crippen LogP contribution in [-0.4, -0.2) is 42.5 Å². The molecule has 1 N–H and O–H groups in total. The Bertz CT molecular complexity index is 735. The van der Waals surface area contributed by atoms with Gasteiger partial charge in [0.25, 0.3) is 5.91 Å². The Morgan fingerprint density at radius 1 is 1.24 bits per heavy atom. The molecular weight excluding hydrogens is 352 g/mol. The van der Waals surface area contributed by atoms with E-state index in [1.807, 2.05) is 17.4 Å². The normalized spacial score (nSPS) is 21.2. The van der Waals surface area contributed by atoms with Crippen LogP contribution in [0.4, 0.5) is 5.13 Å². The van der Waals surface area contributed by atoms with Crippen LogP contribution >= 0.6 is 22.7 Å². The van der Waals surface area contributed by atoms with E-state index < -0.39 is 0 Å². The average molecular weight is 377 g/mol. The first kappa shape index (κ1) is 17.0. The minimum Gasteiger partial charge on any atom is -0.354 e. The summed E-state index contributed by atoms with van der Waals surface area (Å²) in [5.74, 6) is 0.0125. The van der Waals surface area contributed by atoms with Crippen molar-refractivity contribution in [2.24, 2.45) is 0 Å². The lowest BCUT2D eigenvalue weighted by Crippen LogP contribution is -2.21. The number of hydrogen-bond donors (Lipinski definition) is 1. The standard InChI is InChI=1S/C18H24N4OS2/c1-19-17(23)16-7-6-15(25-16)14-5-4-10-22(14)12-13-11-20-18(24-13)21-8-2-3-9-21/h6-7,11,14H,2-5,8-10,12H2,1H3,(H,19,23). The number of likely N-dealkylation sites (tertiary alicyclic amines) is 1. The van der Waals surface area contributed by atoms with E-state index in [1.54, 1.807) is 18.4 Å². The number of nitrogens with one attached hydrogen (secondary N) is 1. The van der Waals surface area contributed by atoms with E-state index in [4.69, 9.17) is 0 Å². The Hall–Kier alpha value is -1.44. The smallest absolute Gasteiger partial charge is 0.261 e. The number of anilines is 1. The Balaban J connectivity index is 1.44. The molecule has 2 aliphatic heterocycles. The minimum absolute atomic E-state index is 0.0125. The van der Waals surface area contributed by atoms with Crippen molar-refractivity contribution in [1.82, 2.24) is 15.2 Å². The highest BCUT2D eigenvalue weighted by atomic mass is 32.1. The zero-order valence-electron chi connectivity index (χ0n) is 14.5. The fourth-order valence-electron chi connectivity index (χ4n) is 3.74. The first-order valence-corrected chi connectivity index (χ1v) is 10.6. The molecule has 1 atom stereocenters. The zero-order valence-corrected chi connectivity index (χ0v) is 16.2. The highest BCUT2D eigenvalue weighted by molar-refractivity contribution is 7.15. The lowest BCUT2D eigenvalue weighted by Gasteiger charge is -2.22. The summed E-state index contributed by atoms with van der Waals surface area (Å²) >= 11 is 3.47.